The van der Waals surface area contributed by atoms with Gasteiger partial charge in [-0.15, -0.1) is 0 Å². The number of nitrogens with two attached hydrogens (primary N) is 1. The Balaban J connectivity index is 2.69. The van der Waals surface area contributed by atoms with Crippen molar-refractivity contribution in [3.63, 3.8) is 0 Å². The molecule has 0 bridgehead atoms. The summed E-state index contributed by atoms with van der Waals surface area (Å²) in [4.78, 5) is 7.72. The van der Waals surface area contributed by atoms with Crippen molar-refractivity contribution in [2.24, 2.45) is 0 Å². The van der Waals surface area contributed by atoms with E-state index in [4.69, 9.17) is 5.73 Å². The largest absolute Gasteiger partial charge is 0.368 e. The number of nitrogens with zero attached hydrogens (tertiary/aromatic N) is 2. The molecule has 0 saturated heterocycles. The van der Waals surface area contributed by atoms with E-state index in [2.05, 4.69) is 9.97 Å². The molecule has 17 heavy (non-hydrogen) atoms. The van der Waals surface area contributed by atoms with E-state index in [-0.39, 0.29) is 17.1 Å². The molecule has 1 aromatic carbocycles. The lowest BCUT2D eigenvalue weighted by atomic mass is 10.0. The number of halogens is 2. The van der Waals surface area contributed by atoms with Crippen LogP contribution >= 0.6 is 0 Å². The molecule has 0 amide bonds. The van der Waals surface area contributed by atoms with Gasteiger partial charge in [0, 0.05) is 11.8 Å². The first kappa shape index (κ1) is 11.4. The maximum absolute atomic E-state index is 13.8. The summed E-state index contributed by atoms with van der Waals surface area (Å²) < 4.78 is 27.2. The number of nitrogen functional groups attached to an aromatic ring is 1. The second-order valence-electron chi connectivity index (χ2n) is 3.82. The van der Waals surface area contributed by atoms with Crippen molar-refractivity contribution < 1.29 is 8.78 Å². The summed E-state index contributed by atoms with van der Waals surface area (Å²) in [6.07, 6.45) is 1.48. The van der Waals surface area contributed by atoms with Crippen LogP contribution in [0.3, 0.4) is 0 Å². The fraction of sp³-hybridized carbons (Fsp3) is 0.167. The maximum atomic E-state index is 13.8. The van der Waals surface area contributed by atoms with Crippen LogP contribution in [0.4, 0.5) is 14.7 Å². The molecule has 0 aliphatic heterocycles. The van der Waals surface area contributed by atoms with Gasteiger partial charge in [0.15, 0.2) is 11.6 Å². The molecule has 0 atom stereocenters. The van der Waals surface area contributed by atoms with Crippen molar-refractivity contribution in [2.75, 3.05) is 5.73 Å². The van der Waals surface area contributed by atoms with Crippen LogP contribution in [0.5, 0.6) is 0 Å². The molecular weight excluding hydrogens is 224 g/mol. The quantitative estimate of drug-likeness (QED) is 0.826. The second-order valence-corrected chi connectivity index (χ2v) is 3.82. The van der Waals surface area contributed by atoms with E-state index in [1.165, 1.54) is 25.3 Å². The van der Waals surface area contributed by atoms with Gasteiger partial charge in [0.25, 0.3) is 0 Å². The number of anilines is 1. The summed E-state index contributed by atoms with van der Waals surface area (Å²) in [5.74, 6) is -1.74. The number of benzene rings is 1. The average Bonchev–Trinajstić information content (AvgIpc) is 2.30. The van der Waals surface area contributed by atoms with Crippen LogP contribution in [0.25, 0.3) is 11.3 Å². The Morgan fingerprint density at radius 1 is 1.06 bits per heavy atom. The van der Waals surface area contributed by atoms with E-state index in [1.807, 2.05) is 0 Å². The highest BCUT2D eigenvalue weighted by Crippen LogP contribution is 2.27. The molecule has 3 nitrogen and oxygen atoms in total. The van der Waals surface area contributed by atoms with E-state index in [0.717, 1.165) is 0 Å². The number of rotatable bonds is 1. The van der Waals surface area contributed by atoms with Crippen molar-refractivity contribution in [1.29, 1.82) is 0 Å². The highest BCUT2D eigenvalue weighted by atomic mass is 19.2. The number of hydrogen-bond donors (Lipinski definition) is 1. The molecule has 2 rings (SSSR count). The molecule has 5 heteroatoms. The molecule has 2 N–H and O–H groups in total. The molecule has 0 unspecified atom stereocenters. The van der Waals surface area contributed by atoms with Gasteiger partial charge in [-0.05, 0) is 31.0 Å². The molecule has 0 aliphatic carbocycles. The van der Waals surface area contributed by atoms with Crippen LogP contribution in [0.1, 0.15) is 11.1 Å². The number of hydrogen-bond acceptors (Lipinski definition) is 3. The zero-order valence-corrected chi connectivity index (χ0v) is 9.46. The van der Waals surface area contributed by atoms with Crippen molar-refractivity contribution in [1.82, 2.24) is 9.97 Å². The summed E-state index contributed by atoms with van der Waals surface area (Å²) in [6, 6.07) is 2.99. The smallest absolute Gasteiger partial charge is 0.220 e. The lowest BCUT2D eigenvalue weighted by molar-refractivity contribution is 0.505. The predicted molar refractivity (Wildman–Crippen MR) is 61.3 cm³/mol. The molecule has 0 saturated carbocycles. The van der Waals surface area contributed by atoms with E-state index in [9.17, 15) is 8.78 Å². The first-order valence-electron chi connectivity index (χ1n) is 5.05. The molecular formula is C12H11F2N3. The predicted octanol–water partition coefficient (Wildman–Crippen LogP) is 2.62. The third kappa shape index (κ3) is 1.95. The second kappa shape index (κ2) is 4.08. The third-order valence-corrected chi connectivity index (χ3v) is 2.52. The van der Waals surface area contributed by atoms with Crippen LogP contribution in [-0.4, -0.2) is 9.97 Å². The van der Waals surface area contributed by atoms with Gasteiger partial charge in [0.05, 0.1) is 5.69 Å². The molecule has 0 radical (unpaired) electrons. The minimum absolute atomic E-state index is 0.0333. The lowest BCUT2D eigenvalue weighted by Gasteiger charge is -2.08. The minimum atomic E-state index is -0.911. The summed E-state index contributed by atoms with van der Waals surface area (Å²) in [6.45, 7) is 3.22. The summed E-state index contributed by atoms with van der Waals surface area (Å²) >= 11 is 0. The molecule has 88 valence electrons. The van der Waals surface area contributed by atoms with Gasteiger partial charge in [-0.2, -0.15) is 0 Å². The monoisotopic (exact) mass is 235 g/mol. The van der Waals surface area contributed by atoms with Crippen molar-refractivity contribution in [2.45, 2.75) is 13.8 Å². The van der Waals surface area contributed by atoms with Crippen LogP contribution in [0.15, 0.2) is 18.3 Å². The van der Waals surface area contributed by atoms with E-state index in [1.54, 1.807) is 6.92 Å². The number of aryl methyl sites for hydroxylation is 2. The molecule has 1 aromatic heterocycles. The molecule has 0 aliphatic rings. The first-order valence-corrected chi connectivity index (χ1v) is 5.05. The van der Waals surface area contributed by atoms with Crippen molar-refractivity contribution >= 4 is 5.95 Å². The minimum Gasteiger partial charge on any atom is -0.368 e. The van der Waals surface area contributed by atoms with Crippen molar-refractivity contribution in [3.05, 3.63) is 41.1 Å². The first-order chi connectivity index (χ1) is 8.00. The van der Waals surface area contributed by atoms with Crippen LogP contribution in [0.2, 0.25) is 0 Å². The van der Waals surface area contributed by atoms with Crippen LogP contribution in [-0.2, 0) is 0 Å². The summed E-state index contributed by atoms with van der Waals surface area (Å²) in [5, 5.41) is 0. The maximum Gasteiger partial charge on any atom is 0.220 e. The molecule has 2 aromatic rings. The van der Waals surface area contributed by atoms with E-state index < -0.39 is 11.6 Å². The van der Waals surface area contributed by atoms with Crippen LogP contribution < -0.4 is 5.73 Å². The summed E-state index contributed by atoms with van der Waals surface area (Å²) in [5.41, 5.74) is 6.75. The lowest BCUT2D eigenvalue weighted by Crippen LogP contribution is -2.01. The van der Waals surface area contributed by atoms with Gasteiger partial charge in [0.1, 0.15) is 0 Å². The SMILES string of the molecule is Cc1cnc(N)nc1-c1ccc(C)c(F)c1F. The van der Waals surface area contributed by atoms with Gasteiger partial charge >= 0.3 is 0 Å². The zero-order chi connectivity index (χ0) is 12.6. The third-order valence-electron chi connectivity index (χ3n) is 2.52. The fourth-order valence-electron chi connectivity index (χ4n) is 1.56. The Morgan fingerprint density at radius 3 is 2.47 bits per heavy atom. The highest BCUT2D eigenvalue weighted by molar-refractivity contribution is 5.64. The fourth-order valence-corrected chi connectivity index (χ4v) is 1.56. The van der Waals surface area contributed by atoms with Gasteiger partial charge in [-0.3, -0.25) is 0 Å². The van der Waals surface area contributed by atoms with Gasteiger partial charge in [-0.1, -0.05) is 6.07 Å². The molecule has 0 fully saturated rings. The van der Waals surface area contributed by atoms with E-state index >= 15 is 0 Å². The standard InChI is InChI=1S/C12H11F2N3/c1-6-3-4-8(10(14)9(6)13)11-7(2)5-16-12(15)17-11/h3-5H,1-2H3,(H2,15,16,17). The normalized spacial score (nSPS) is 10.6. The molecule has 0 spiro atoms. The Kier molecular flexibility index (Phi) is 2.75. The Morgan fingerprint density at radius 2 is 1.76 bits per heavy atom. The van der Waals surface area contributed by atoms with Gasteiger partial charge in [0.2, 0.25) is 5.95 Å². The Bertz CT molecular complexity index is 582. The zero-order valence-electron chi connectivity index (χ0n) is 9.46. The Hall–Kier alpha value is -2.04. The van der Waals surface area contributed by atoms with E-state index in [0.29, 0.717) is 11.3 Å². The van der Waals surface area contributed by atoms with Crippen LogP contribution in [0, 0.1) is 25.5 Å². The topological polar surface area (TPSA) is 51.8 Å². The molecule has 1 heterocycles. The van der Waals surface area contributed by atoms with Gasteiger partial charge < -0.3 is 5.73 Å². The summed E-state index contributed by atoms with van der Waals surface area (Å²) in [7, 11) is 0. The number of aromatic nitrogens is 2. The Labute approximate surface area is 97.3 Å². The van der Waals surface area contributed by atoms with Crippen molar-refractivity contribution in [3.8, 4) is 11.3 Å². The average molecular weight is 235 g/mol. The highest BCUT2D eigenvalue weighted by Gasteiger charge is 2.15. The van der Waals surface area contributed by atoms with Gasteiger partial charge in [-0.25, -0.2) is 18.7 Å².